The monoisotopic (exact) mass is 1910 g/mol. The first kappa shape index (κ1) is 106. The summed E-state index contributed by atoms with van der Waals surface area (Å²) in [4.78, 5) is 36.1. The average Bonchev–Trinajstić information content (AvgIpc) is 1.75. The number of aryl methyl sites for hydroxylation is 18. The molecule has 0 spiro atoms. The van der Waals surface area contributed by atoms with Crippen LogP contribution < -0.4 is 0 Å². The van der Waals surface area contributed by atoms with Crippen molar-refractivity contribution in [3.63, 3.8) is 0 Å². The van der Waals surface area contributed by atoms with Crippen LogP contribution in [0.5, 0.6) is 0 Å². The van der Waals surface area contributed by atoms with E-state index in [1.165, 1.54) is 16.7 Å². The number of carbonyl (C=O) groups is 1. The molecule has 0 N–H and O–H groups in total. The van der Waals surface area contributed by atoms with Crippen LogP contribution in [-0.2, 0) is 4.74 Å². The zero-order valence-corrected chi connectivity index (χ0v) is 89.7. The summed E-state index contributed by atoms with van der Waals surface area (Å²) in [5, 5.41) is 48.1. The van der Waals surface area contributed by atoms with E-state index in [0.29, 0.717) is 23.1 Å². The summed E-state index contributed by atoms with van der Waals surface area (Å²) < 4.78 is 24.5. The number of ether oxygens (including phenoxy) is 1. The number of pyridine rings is 5. The van der Waals surface area contributed by atoms with E-state index in [1.54, 1.807) is 17.7 Å². The lowest BCUT2D eigenvalue weighted by molar-refractivity contribution is 0.0525. The van der Waals surface area contributed by atoms with E-state index in [9.17, 15) is 4.79 Å². The Balaban J connectivity index is 0.000000169. The van der Waals surface area contributed by atoms with Crippen LogP contribution in [0.1, 0.15) is 294 Å². The average molecular weight is 1910 g/mol. The van der Waals surface area contributed by atoms with Gasteiger partial charge in [-0.1, -0.05) is 49.7 Å². The fraction of sp³-hybridized carbons (Fsp3) is 0.327. The van der Waals surface area contributed by atoms with Crippen molar-refractivity contribution in [2.45, 2.75) is 248 Å². The quantitative estimate of drug-likeness (QED) is 0.0441. The maximum absolute atomic E-state index is 12.2. The fourth-order valence-electron chi connectivity index (χ4n) is 16.0. The molecule has 15 aromatic rings. The van der Waals surface area contributed by atoms with Crippen molar-refractivity contribution >= 4 is 74.7 Å². The van der Waals surface area contributed by atoms with Gasteiger partial charge in [-0.15, -0.1) is 0 Å². The molecule has 0 aliphatic carbocycles. The lowest BCUT2D eigenvalue weighted by Crippen LogP contribution is -2.10. The molecule has 0 bridgehead atoms. The molecule has 0 aliphatic heterocycles. The molecule has 27 nitrogen and oxygen atoms in total. The van der Waals surface area contributed by atoms with Gasteiger partial charge in [0.2, 0.25) is 0 Å². The Morgan fingerprint density at radius 1 is 0.255 bits per heavy atom. The van der Waals surface area contributed by atoms with Gasteiger partial charge in [0.25, 0.3) is 0 Å². The van der Waals surface area contributed by atoms with E-state index >= 15 is 0 Å². The highest BCUT2D eigenvalue weighted by Crippen LogP contribution is 2.26. The highest BCUT2D eigenvalue weighted by atomic mass is 35.5. The van der Waals surface area contributed by atoms with E-state index in [2.05, 4.69) is 150 Å². The third kappa shape index (κ3) is 25.9. The molecule has 0 aromatic carbocycles. The van der Waals surface area contributed by atoms with E-state index in [4.69, 9.17) is 92.3 Å². The van der Waals surface area contributed by atoms with Crippen LogP contribution in [0.4, 0.5) is 0 Å². The van der Waals surface area contributed by atoms with Gasteiger partial charge in [-0.3, -0.25) is 0 Å². The van der Waals surface area contributed by atoms with Gasteiger partial charge in [0.05, 0.1) is 132 Å². The Labute approximate surface area is 836 Å². The zero-order chi connectivity index (χ0) is 103. The smallest absolute Gasteiger partial charge is 0.340 e. The molecule has 15 aromatic heterocycles. The van der Waals surface area contributed by atoms with Gasteiger partial charge in [-0.05, 0) is 409 Å². The van der Waals surface area contributed by atoms with Crippen molar-refractivity contribution in [2.24, 2.45) is 51.0 Å². The highest BCUT2D eigenvalue weighted by Gasteiger charge is 2.21. The molecular weight excluding hydrogens is 1770 g/mol. The summed E-state index contributed by atoms with van der Waals surface area (Å²) in [6, 6.07) is 60.4. The Morgan fingerprint density at radius 3 is 0.667 bits per heavy atom. The molecule has 141 heavy (non-hydrogen) atoms. The number of hydrogen-bond donors (Lipinski definition) is 0. The number of hydrogen-bond acceptors (Lipinski definition) is 17. The van der Waals surface area contributed by atoms with Crippen molar-refractivity contribution in [3.8, 4) is 0 Å². The molecule has 0 radical (unpaired) electrons. The van der Waals surface area contributed by atoms with Crippen molar-refractivity contribution in [2.75, 3.05) is 6.61 Å². The molecule has 28 heteroatoms. The van der Waals surface area contributed by atoms with E-state index in [-0.39, 0.29) is 5.97 Å². The summed E-state index contributed by atoms with van der Waals surface area (Å²) in [5.74, 6) is 0.0363. The molecule has 15 rings (SSSR count). The number of rotatable bonds is 23. The van der Waals surface area contributed by atoms with Crippen LogP contribution in [0.25, 0.3) is 0 Å². The Morgan fingerprint density at radius 2 is 0.447 bits per heavy atom. The lowest BCUT2D eigenvalue weighted by Gasteiger charge is -2.11. The van der Waals surface area contributed by atoms with E-state index < -0.39 is 0 Å². The zero-order valence-electron chi connectivity index (χ0n) is 89.0. The lowest BCUT2D eigenvalue weighted by atomic mass is 10.1. The van der Waals surface area contributed by atoms with E-state index in [1.807, 2.05) is 304 Å². The van der Waals surface area contributed by atoms with Crippen molar-refractivity contribution < 1.29 is 9.53 Å². The summed E-state index contributed by atoms with van der Waals surface area (Å²) in [6.07, 6.45) is 0. The largest absolute Gasteiger partial charge is 0.462 e. The minimum absolute atomic E-state index is 0.335. The number of halogens is 1. The molecular formula is C113H138ClN25O2. The van der Waals surface area contributed by atoms with Crippen LogP contribution in [0.3, 0.4) is 0 Å². The fourth-order valence-corrected chi connectivity index (χ4v) is 16.2. The maximum Gasteiger partial charge on any atom is 0.340 e. The van der Waals surface area contributed by atoms with E-state index in [0.717, 1.165) is 228 Å². The third-order valence-electron chi connectivity index (χ3n) is 24.7. The third-order valence-corrected chi connectivity index (χ3v) is 24.9. The van der Waals surface area contributed by atoms with Crippen molar-refractivity contribution in [1.82, 2.24) is 71.7 Å². The summed E-state index contributed by atoms with van der Waals surface area (Å²) in [7, 11) is 0. The van der Waals surface area contributed by atoms with Crippen LogP contribution in [0.15, 0.2) is 233 Å². The highest BCUT2D eigenvalue weighted by molar-refractivity contribution is 6.31. The van der Waals surface area contributed by atoms with Crippen LogP contribution in [-0.4, -0.2) is 141 Å². The first-order valence-electron chi connectivity index (χ1n) is 47.6. The molecule has 0 unspecified atom stereocenters. The first-order valence-corrected chi connectivity index (χ1v) is 48.0. The SMILES string of the molecule is C/C(=N\n1c(C)cc(C)c1C)c1cccc(/C(C)=N/n2c(C)cc(C)c2C)n1.C/C(=N\n1c(C)ccc1C)c1cc(Cl)cc(/C(C)=N/n2c(C)ccc2C)n1.C/C(=N\n1c(C)ccc1C)c1cccc(/C(C)=N/n2c(C)cc(C)c2C)n1.C/C(=N\n1c(C)ccc1C)c1cccc(/C(C)=N/n2c(C)ccc2C)n1.CCOC(=O)c1cc(C)n(/N=C(\C)c2cccc(/C(C)=N/n3c(C)ccc3C(C)C)n2)c1C. The van der Waals surface area contributed by atoms with Gasteiger partial charge < -0.3 is 4.74 Å². The Hall–Kier alpha value is -15.0. The molecule has 0 fully saturated rings. The summed E-state index contributed by atoms with van der Waals surface area (Å²) in [5.41, 5.74) is 42.4. The van der Waals surface area contributed by atoms with Gasteiger partial charge in [-0.25, -0.2) is 76.5 Å². The molecule has 734 valence electrons. The minimum Gasteiger partial charge on any atom is -0.462 e. The molecule has 0 saturated heterocycles. The second-order valence-electron chi connectivity index (χ2n) is 36.5. The summed E-state index contributed by atoms with van der Waals surface area (Å²) >= 11 is 6.36. The van der Waals surface area contributed by atoms with Crippen LogP contribution in [0, 0.1) is 152 Å². The molecule has 15 heterocycles. The summed E-state index contributed by atoms with van der Waals surface area (Å²) in [6.45, 7) is 71.2. The van der Waals surface area contributed by atoms with Gasteiger partial charge in [0, 0.05) is 113 Å². The minimum atomic E-state index is -0.335. The molecule has 0 atom stereocenters. The number of carbonyl (C=O) groups excluding carboxylic acids is 1. The number of aromatic nitrogens is 15. The molecule has 0 saturated carbocycles. The topological polar surface area (TPSA) is 264 Å². The van der Waals surface area contributed by atoms with Crippen molar-refractivity contribution in [3.05, 3.63) is 380 Å². The first-order chi connectivity index (χ1) is 66.7. The van der Waals surface area contributed by atoms with Crippen LogP contribution >= 0.6 is 11.6 Å². The predicted octanol–water partition coefficient (Wildman–Crippen LogP) is 24.9. The van der Waals surface area contributed by atoms with Gasteiger partial charge in [-0.2, -0.15) is 51.0 Å². The van der Waals surface area contributed by atoms with Crippen LogP contribution in [0.2, 0.25) is 5.02 Å². The normalized spacial score (nSPS) is 12.7. The second-order valence-corrected chi connectivity index (χ2v) is 36.9. The standard InChI is InChI=1S/C26H33N5O2.C23H29N5.C22H27N5.C21H24ClN5.C21H25N5/c1-9-33-26(32)22-15-18(5)30(21(22)8)28-19(6)23-11-10-12-24(27-23)20(7)29-31-17(4)13-14-25(31)16(2)3;1-14-12-16(3)27(20(14)7)25-18(5)22-10-9-11-23(24-22)19(6)26-28-17(4)13-15(2)21(28)8;1-14-13-17(4)27(20(14)7)25-19(6)22-10-8-9-21(23-22)18(5)24-26-15(2)11-12-16(26)3;1-13-7-8-14(2)26(13)24-17(5)20-11-19(22)12-21(23-20)18(6)25-27-15(3)9-10-16(27)4;1-14-10-11-15(2)25(14)23-18(5)20-8-7-9-21(22-20)19(6)24-26-16(3)12-13-17(26)4/h10-16H,9H2,1-8H3;9-13H,1-8H3;8-13H,1-7H3;7-12H,1-6H3;7-13H,1-6H3/b28-19+,29-20+;25-18+,26-19+;24-18+,25-19+;24-17+,25-18+;23-18+,24-19+. The van der Waals surface area contributed by atoms with Crippen molar-refractivity contribution in [1.29, 1.82) is 0 Å². The Bertz CT molecular complexity index is 7110. The Kier molecular flexibility index (Phi) is 35.2. The number of nitrogens with zero attached hydrogens (tertiary/aromatic N) is 25. The van der Waals surface area contributed by atoms with Gasteiger partial charge in [0.1, 0.15) is 0 Å². The maximum atomic E-state index is 12.2. The second kappa shape index (κ2) is 46.6. The predicted molar refractivity (Wildman–Crippen MR) is 581 cm³/mol. The molecule has 0 aliphatic rings. The van der Waals surface area contributed by atoms with Gasteiger partial charge in [0.15, 0.2) is 0 Å². The molecule has 0 amide bonds. The van der Waals surface area contributed by atoms with Gasteiger partial charge >= 0.3 is 5.97 Å². The number of esters is 1.